The Morgan fingerprint density at radius 3 is 1.98 bits per heavy atom. The number of carbonyl (C=O) groups excluding carboxylic acids is 2. The number of benzene rings is 2. The summed E-state index contributed by atoms with van der Waals surface area (Å²) in [6, 6.07) is 21.3. The second-order valence-electron chi connectivity index (χ2n) is 15.7. The number of hydrogen-bond acceptors (Lipinski definition) is 6. The molecule has 0 spiro atoms. The van der Waals surface area contributed by atoms with Gasteiger partial charge in [0.25, 0.3) is 11.8 Å². The molecule has 4 heterocycles. The van der Waals surface area contributed by atoms with Gasteiger partial charge in [0.1, 0.15) is 0 Å². The van der Waals surface area contributed by atoms with Gasteiger partial charge < -0.3 is 19.6 Å². The van der Waals surface area contributed by atoms with Crippen molar-refractivity contribution < 1.29 is 19.4 Å². The molecule has 0 aliphatic carbocycles. The second-order valence-corrected chi connectivity index (χ2v) is 17.9. The molecule has 2 aliphatic rings. The fraction of sp³-hybridized carbons (Fsp3) is 0.478. The number of nitrogens with zero attached hydrogens (tertiary/aromatic N) is 2. The molecule has 2 aromatic heterocycles. The highest BCUT2D eigenvalue weighted by Crippen LogP contribution is 2.49. The van der Waals surface area contributed by atoms with E-state index in [9.17, 15) is 14.7 Å². The van der Waals surface area contributed by atoms with Crippen LogP contribution in [0.5, 0.6) is 0 Å². The van der Waals surface area contributed by atoms with E-state index < -0.39 is 0 Å². The molecule has 4 aromatic rings. The summed E-state index contributed by atoms with van der Waals surface area (Å²) in [4.78, 5) is 37.7. The predicted octanol–water partition coefficient (Wildman–Crippen LogP) is 11.7. The number of thiophene rings is 2. The standard InChI is InChI=1S/C46H58N2O4S2/c1-7-9-10-11-12-27-52-28-14-25-48-36-29-32(31(3)4)15-17-34(36)42(45(48)51)43-35-18-16-33(30-37(35)47(44(43)50)24-13-26-49)38-19-20-39(53-38)40-21-22-41(54-40)46(5,6)23-8-2/h15-22,29-31,49H,7-14,23-28H2,1-6H3/b43-42+. The van der Waals surface area contributed by atoms with Crippen molar-refractivity contribution in [3.05, 3.63) is 82.2 Å². The molecule has 54 heavy (non-hydrogen) atoms. The Bertz CT molecular complexity index is 1970. The van der Waals surface area contributed by atoms with E-state index in [0.29, 0.717) is 43.2 Å². The van der Waals surface area contributed by atoms with Gasteiger partial charge in [-0.05, 0) is 84.5 Å². The number of aliphatic hydroxyl groups is 1. The van der Waals surface area contributed by atoms with Gasteiger partial charge >= 0.3 is 0 Å². The van der Waals surface area contributed by atoms with E-state index in [0.717, 1.165) is 70.8 Å². The lowest BCUT2D eigenvalue weighted by Gasteiger charge is -2.22. The van der Waals surface area contributed by atoms with Crippen LogP contribution in [0, 0.1) is 0 Å². The van der Waals surface area contributed by atoms with E-state index in [1.807, 2.05) is 28.4 Å². The zero-order valence-electron chi connectivity index (χ0n) is 33.1. The Balaban J connectivity index is 1.31. The van der Waals surface area contributed by atoms with Crippen molar-refractivity contribution in [3.63, 3.8) is 0 Å². The molecule has 0 radical (unpaired) electrons. The van der Waals surface area contributed by atoms with Crippen LogP contribution in [-0.2, 0) is 19.7 Å². The summed E-state index contributed by atoms with van der Waals surface area (Å²) in [6.07, 6.45) is 9.48. The molecule has 1 N–H and O–H groups in total. The van der Waals surface area contributed by atoms with Gasteiger partial charge in [-0.1, -0.05) is 97.9 Å². The Hall–Kier alpha value is -3.56. The maximum atomic E-state index is 14.5. The third kappa shape index (κ3) is 8.47. The highest BCUT2D eigenvalue weighted by atomic mass is 32.1. The Morgan fingerprint density at radius 1 is 0.685 bits per heavy atom. The molecule has 8 heteroatoms. The van der Waals surface area contributed by atoms with Crippen molar-refractivity contribution in [2.45, 2.75) is 111 Å². The second kappa shape index (κ2) is 17.9. The van der Waals surface area contributed by atoms with E-state index in [1.54, 1.807) is 16.2 Å². The van der Waals surface area contributed by atoms with Gasteiger partial charge in [-0.2, -0.15) is 0 Å². The lowest BCUT2D eigenvalue weighted by atomic mass is 9.86. The minimum absolute atomic E-state index is 0.0226. The van der Waals surface area contributed by atoms with Gasteiger partial charge in [-0.3, -0.25) is 9.59 Å². The molecule has 0 unspecified atom stereocenters. The quantitative estimate of drug-likeness (QED) is 0.0762. The zero-order chi connectivity index (χ0) is 38.4. The molecule has 0 fully saturated rings. The Labute approximate surface area is 330 Å². The molecular weight excluding hydrogens is 709 g/mol. The number of amides is 2. The van der Waals surface area contributed by atoms with E-state index in [1.165, 1.54) is 40.3 Å². The first kappa shape index (κ1) is 40.1. The minimum Gasteiger partial charge on any atom is -0.396 e. The number of rotatable bonds is 19. The SMILES string of the molecule is CCCCCCCOCCCN1C(=O)/C(=C2/C(=O)N(CCCO)c3cc(-c4ccc(-c5ccc(C(C)(C)CCC)s5)s4)ccc32)c2ccc(C(C)C)cc21. The summed E-state index contributed by atoms with van der Waals surface area (Å²) < 4.78 is 5.97. The van der Waals surface area contributed by atoms with Gasteiger partial charge in [0, 0.05) is 63.5 Å². The summed E-state index contributed by atoms with van der Waals surface area (Å²) in [6.45, 7) is 15.7. The number of hydrogen-bond donors (Lipinski definition) is 1. The third-order valence-electron chi connectivity index (χ3n) is 10.9. The van der Waals surface area contributed by atoms with Crippen molar-refractivity contribution in [1.29, 1.82) is 0 Å². The highest BCUT2D eigenvalue weighted by Gasteiger charge is 2.42. The summed E-state index contributed by atoms with van der Waals surface area (Å²) in [5, 5.41) is 9.81. The first-order valence-corrected chi connectivity index (χ1v) is 21.8. The van der Waals surface area contributed by atoms with Gasteiger partial charge in [0.2, 0.25) is 0 Å². The van der Waals surface area contributed by atoms with Crippen LogP contribution in [0.4, 0.5) is 11.4 Å². The molecule has 0 saturated carbocycles. The van der Waals surface area contributed by atoms with Crippen LogP contribution in [0.2, 0.25) is 0 Å². The molecule has 0 bridgehead atoms. The van der Waals surface area contributed by atoms with Gasteiger partial charge in [0.15, 0.2) is 0 Å². The molecule has 288 valence electrons. The summed E-state index contributed by atoms with van der Waals surface area (Å²) in [5.74, 6) is -0.0132. The fourth-order valence-electron chi connectivity index (χ4n) is 7.78. The number of ether oxygens (including phenoxy) is 1. The van der Waals surface area contributed by atoms with Crippen LogP contribution in [-0.4, -0.2) is 49.8 Å². The number of fused-ring (bicyclic) bond motifs is 2. The van der Waals surface area contributed by atoms with Crippen LogP contribution in [0.25, 0.3) is 31.3 Å². The van der Waals surface area contributed by atoms with Crippen LogP contribution < -0.4 is 9.80 Å². The van der Waals surface area contributed by atoms with Crippen molar-refractivity contribution >= 4 is 57.0 Å². The van der Waals surface area contributed by atoms with E-state index in [4.69, 9.17) is 4.74 Å². The topological polar surface area (TPSA) is 70.1 Å². The van der Waals surface area contributed by atoms with Gasteiger partial charge in [-0.15, -0.1) is 22.7 Å². The molecule has 0 saturated heterocycles. The summed E-state index contributed by atoms with van der Waals surface area (Å²) in [5.41, 5.74) is 6.53. The normalized spacial score (nSPS) is 15.6. The van der Waals surface area contributed by atoms with Crippen LogP contribution >= 0.6 is 22.7 Å². The first-order chi connectivity index (χ1) is 26.1. The van der Waals surface area contributed by atoms with Gasteiger partial charge in [-0.25, -0.2) is 0 Å². The fourth-order valence-corrected chi connectivity index (χ4v) is 10.0. The maximum Gasteiger partial charge on any atom is 0.259 e. The molecule has 0 atom stereocenters. The van der Waals surface area contributed by atoms with Crippen LogP contribution in [0.15, 0.2) is 60.7 Å². The maximum absolute atomic E-state index is 14.5. The largest absolute Gasteiger partial charge is 0.396 e. The van der Waals surface area contributed by atoms with E-state index >= 15 is 0 Å². The average molecular weight is 767 g/mol. The van der Waals surface area contributed by atoms with Crippen molar-refractivity contribution in [1.82, 2.24) is 0 Å². The lowest BCUT2D eigenvalue weighted by Crippen LogP contribution is -2.30. The molecular formula is C46H58N2O4S2. The van der Waals surface area contributed by atoms with Crippen LogP contribution in [0.3, 0.4) is 0 Å². The lowest BCUT2D eigenvalue weighted by molar-refractivity contribution is -0.114. The molecule has 2 amide bonds. The molecule has 2 aromatic carbocycles. The monoisotopic (exact) mass is 766 g/mol. The van der Waals surface area contributed by atoms with Crippen molar-refractivity contribution in [2.75, 3.05) is 42.7 Å². The van der Waals surface area contributed by atoms with Crippen molar-refractivity contribution in [2.24, 2.45) is 0 Å². The number of aliphatic hydroxyl groups excluding tert-OH is 1. The first-order valence-electron chi connectivity index (χ1n) is 20.2. The molecule has 6 nitrogen and oxygen atoms in total. The Kier molecular flexibility index (Phi) is 13.3. The predicted molar refractivity (Wildman–Crippen MR) is 229 cm³/mol. The highest BCUT2D eigenvalue weighted by molar-refractivity contribution is 7.24. The number of anilines is 2. The zero-order valence-corrected chi connectivity index (χ0v) is 34.8. The van der Waals surface area contributed by atoms with E-state index in [2.05, 4.69) is 90.1 Å². The smallest absolute Gasteiger partial charge is 0.259 e. The summed E-state index contributed by atoms with van der Waals surface area (Å²) in [7, 11) is 0. The minimum atomic E-state index is -0.182. The third-order valence-corrected chi connectivity index (χ3v) is 13.6. The molecule has 2 aliphatic heterocycles. The summed E-state index contributed by atoms with van der Waals surface area (Å²) >= 11 is 3.64. The number of carbonyl (C=O) groups is 2. The van der Waals surface area contributed by atoms with Crippen molar-refractivity contribution in [3.8, 4) is 20.2 Å². The number of unbranched alkanes of at least 4 members (excludes halogenated alkanes) is 4. The van der Waals surface area contributed by atoms with E-state index in [-0.39, 0.29) is 23.8 Å². The molecule has 6 rings (SSSR count). The van der Waals surface area contributed by atoms with Gasteiger partial charge in [0.05, 0.1) is 22.5 Å². The Morgan fingerprint density at radius 2 is 1.30 bits per heavy atom. The van der Waals surface area contributed by atoms with Crippen LogP contribution in [0.1, 0.15) is 127 Å². The average Bonchev–Trinajstić information content (AvgIpc) is 3.95.